The van der Waals surface area contributed by atoms with E-state index in [9.17, 15) is 19.1 Å². The number of aliphatic hydroxyl groups is 1. The van der Waals surface area contributed by atoms with Gasteiger partial charge in [-0.25, -0.2) is 4.39 Å². The molecule has 1 heterocycles. The van der Waals surface area contributed by atoms with E-state index in [0.29, 0.717) is 0 Å². The largest absolute Gasteiger partial charge is 0.489 e. The third kappa shape index (κ3) is 3.07. The highest BCUT2D eigenvalue weighted by atomic mass is 19.1. The first kappa shape index (κ1) is 16.6. The van der Waals surface area contributed by atoms with Crippen molar-refractivity contribution >= 4 is 11.8 Å². The number of halogens is 1. The smallest absolute Gasteiger partial charge is 0.261 e. The number of nitrogens with zero attached hydrogens (tertiary/aromatic N) is 2. The summed E-state index contributed by atoms with van der Waals surface area (Å²) < 4.78 is 18.8. The van der Waals surface area contributed by atoms with E-state index in [1.165, 1.54) is 12.1 Å². The highest BCUT2D eigenvalue weighted by Gasteiger charge is 2.36. The molecule has 1 aliphatic rings. The average Bonchev–Trinajstić information content (AvgIpc) is 2.85. The van der Waals surface area contributed by atoms with Crippen LogP contribution in [0.4, 0.5) is 4.39 Å². The molecule has 25 heavy (non-hydrogen) atoms. The van der Waals surface area contributed by atoms with Gasteiger partial charge >= 0.3 is 0 Å². The Balaban J connectivity index is 1.66. The van der Waals surface area contributed by atoms with Crippen LogP contribution in [0.3, 0.4) is 0 Å². The Morgan fingerprint density at radius 1 is 1.12 bits per heavy atom. The second kappa shape index (κ2) is 6.71. The minimum absolute atomic E-state index is 0.0103. The summed E-state index contributed by atoms with van der Waals surface area (Å²) in [4.78, 5) is 25.4. The molecule has 2 aromatic rings. The first-order valence-electron chi connectivity index (χ1n) is 7.47. The number of amides is 2. The molecule has 0 unspecified atom stereocenters. The molecule has 0 spiro atoms. The van der Waals surface area contributed by atoms with Crippen molar-refractivity contribution in [3.05, 3.63) is 65.0 Å². The number of hydrogen-bond donors (Lipinski definition) is 1. The molecule has 1 aliphatic heterocycles. The van der Waals surface area contributed by atoms with Gasteiger partial charge in [-0.05, 0) is 24.3 Å². The Labute approximate surface area is 142 Å². The minimum Gasteiger partial charge on any atom is -0.489 e. The number of carbonyl (C=O) groups excluding carboxylic acids is 2. The summed E-state index contributed by atoms with van der Waals surface area (Å²) in [7, 11) is 0. The number of ether oxygens (including phenoxy) is 1. The van der Waals surface area contributed by atoms with Gasteiger partial charge in [0, 0.05) is 0 Å². The summed E-state index contributed by atoms with van der Waals surface area (Å²) in [6.45, 7) is -0.560. The summed E-state index contributed by atoms with van der Waals surface area (Å²) in [5.41, 5.74) is 0.311. The number of benzene rings is 2. The molecule has 0 radical (unpaired) electrons. The molecule has 0 aliphatic carbocycles. The molecule has 126 valence electrons. The van der Waals surface area contributed by atoms with Gasteiger partial charge in [0.1, 0.15) is 35.9 Å². The van der Waals surface area contributed by atoms with E-state index in [0.717, 1.165) is 11.0 Å². The molecule has 2 amide bonds. The maximum Gasteiger partial charge on any atom is 0.261 e. The zero-order chi connectivity index (χ0) is 18.0. The van der Waals surface area contributed by atoms with Gasteiger partial charge in [0.15, 0.2) is 0 Å². The van der Waals surface area contributed by atoms with Crippen molar-refractivity contribution in [1.29, 1.82) is 5.26 Å². The summed E-state index contributed by atoms with van der Waals surface area (Å²) in [6.07, 6.45) is -1.18. The zero-order valence-electron chi connectivity index (χ0n) is 13.0. The van der Waals surface area contributed by atoms with Crippen LogP contribution >= 0.6 is 0 Å². The first-order valence-corrected chi connectivity index (χ1v) is 7.47. The Morgan fingerprint density at radius 3 is 2.36 bits per heavy atom. The number of hydrogen-bond acceptors (Lipinski definition) is 5. The van der Waals surface area contributed by atoms with E-state index in [1.807, 2.05) is 0 Å². The van der Waals surface area contributed by atoms with Gasteiger partial charge in [0.25, 0.3) is 11.8 Å². The van der Waals surface area contributed by atoms with Gasteiger partial charge in [-0.2, -0.15) is 5.26 Å². The third-order valence-corrected chi connectivity index (χ3v) is 3.79. The van der Waals surface area contributed by atoms with Crippen molar-refractivity contribution in [2.75, 3.05) is 13.2 Å². The number of imide groups is 1. The minimum atomic E-state index is -1.18. The second-order valence-electron chi connectivity index (χ2n) is 5.46. The fourth-order valence-corrected chi connectivity index (χ4v) is 2.59. The van der Waals surface area contributed by atoms with Crippen molar-refractivity contribution < 1.29 is 23.8 Å². The quantitative estimate of drug-likeness (QED) is 0.837. The van der Waals surface area contributed by atoms with Crippen molar-refractivity contribution in [2.24, 2.45) is 0 Å². The third-order valence-electron chi connectivity index (χ3n) is 3.79. The van der Waals surface area contributed by atoms with Gasteiger partial charge in [-0.15, -0.1) is 0 Å². The van der Waals surface area contributed by atoms with E-state index < -0.39 is 23.7 Å². The number of fused-ring (bicyclic) bond motifs is 1. The molecule has 1 atom stereocenters. The van der Waals surface area contributed by atoms with E-state index in [1.54, 1.807) is 30.3 Å². The standard InChI is InChI=1S/C18H13FN2O4/c19-15-6-3-7-16(14(15)8-20)25-10-11(22)9-21-17(23)12-4-1-2-5-13(12)18(21)24/h1-7,11,22H,9-10H2/t11-/m1/s1. The summed E-state index contributed by atoms with van der Waals surface area (Å²) in [6, 6.07) is 12.0. The molecule has 7 heteroatoms. The Morgan fingerprint density at radius 2 is 1.76 bits per heavy atom. The average molecular weight is 340 g/mol. The van der Waals surface area contributed by atoms with Gasteiger partial charge in [0.05, 0.1) is 17.7 Å². The summed E-state index contributed by atoms with van der Waals surface area (Å²) >= 11 is 0. The van der Waals surface area contributed by atoms with Crippen molar-refractivity contribution in [1.82, 2.24) is 4.90 Å². The van der Waals surface area contributed by atoms with E-state index in [4.69, 9.17) is 10.00 Å². The zero-order valence-corrected chi connectivity index (χ0v) is 13.0. The second-order valence-corrected chi connectivity index (χ2v) is 5.46. The molecule has 2 aromatic carbocycles. The number of carbonyl (C=O) groups is 2. The van der Waals surface area contributed by atoms with Crippen molar-refractivity contribution in [3.63, 3.8) is 0 Å². The number of aliphatic hydroxyl groups excluding tert-OH is 1. The van der Waals surface area contributed by atoms with Crippen LogP contribution in [0.25, 0.3) is 0 Å². The number of β-amino-alcohol motifs (C(OH)–C–C–N with tert-alkyl or cyclic N) is 1. The SMILES string of the molecule is N#Cc1c(F)cccc1OC[C@H](O)CN1C(=O)c2ccccc2C1=O. The topological polar surface area (TPSA) is 90.6 Å². The summed E-state index contributed by atoms with van der Waals surface area (Å²) in [5, 5.41) is 19.0. The van der Waals surface area contributed by atoms with Gasteiger partial charge in [0.2, 0.25) is 0 Å². The Kier molecular flexibility index (Phi) is 4.46. The molecule has 0 bridgehead atoms. The molecule has 6 nitrogen and oxygen atoms in total. The van der Waals surface area contributed by atoms with Gasteiger partial charge in [-0.1, -0.05) is 18.2 Å². The highest BCUT2D eigenvalue weighted by molar-refractivity contribution is 6.21. The lowest BCUT2D eigenvalue weighted by atomic mass is 10.1. The fourth-order valence-electron chi connectivity index (χ4n) is 2.59. The van der Waals surface area contributed by atoms with E-state index >= 15 is 0 Å². The van der Waals surface area contributed by atoms with Crippen LogP contribution in [0.1, 0.15) is 26.3 Å². The normalized spacial score (nSPS) is 14.2. The summed E-state index contributed by atoms with van der Waals surface area (Å²) in [5.74, 6) is -1.70. The van der Waals surface area contributed by atoms with Crippen LogP contribution in [0.2, 0.25) is 0 Å². The Hall–Kier alpha value is -3.24. The van der Waals surface area contributed by atoms with Crippen molar-refractivity contribution in [2.45, 2.75) is 6.10 Å². The monoisotopic (exact) mass is 340 g/mol. The predicted octanol–water partition coefficient (Wildman–Crippen LogP) is 1.73. The van der Waals surface area contributed by atoms with Gasteiger partial charge < -0.3 is 9.84 Å². The van der Waals surface area contributed by atoms with Crippen LogP contribution in [-0.2, 0) is 0 Å². The molecule has 0 saturated carbocycles. The first-order chi connectivity index (χ1) is 12.0. The lowest BCUT2D eigenvalue weighted by Gasteiger charge is -2.19. The number of rotatable bonds is 5. The van der Waals surface area contributed by atoms with Gasteiger partial charge in [-0.3, -0.25) is 14.5 Å². The maximum atomic E-state index is 13.5. The molecular weight excluding hydrogens is 327 g/mol. The van der Waals surface area contributed by atoms with Crippen LogP contribution in [0.5, 0.6) is 5.75 Å². The van der Waals surface area contributed by atoms with Crippen LogP contribution in [-0.4, -0.2) is 41.1 Å². The van der Waals surface area contributed by atoms with E-state index in [2.05, 4.69) is 0 Å². The lowest BCUT2D eigenvalue weighted by Crippen LogP contribution is -2.39. The highest BCUT2D eigenvalue weighted by Crippen LogP contribution is 2.23. The fraction of sp³-hybridized carbons (Fsp3) is 0.167. The predicted molar refractivity (Wildman–Crippen MR) is 84.4 cm³/mol. The van der Waals surface area contributed by atoms with Crippen LogP contribution in [0.15, 0.2) is 42.5 Å². The van der Waals surface area contributed by atoms with Crippen molar-refractivity contribution in [3.8, 4) is 11.8 Å². The molecule has 0 fully saturated rings. The van der Waals surface area contributed by atoms with Crippen LogP contribution in [0, 0.1) is 17.1 Å². The van der Waals surface area contributed by atoms with E-state index in [-0.39, 0.29) is 35.6 Å². The van der Waals surface area contributed by atoms with Crippen LogP contribution < -0.4 is 4.74 Å². The number of nitriles is 1. The molecule has 0 saturated heterocycles. The molecule has 1 N–H and O–H groups in total. The maximum absolute atomic E-state index is 13.5. The molecule has 3 rings (SSSR count). The Bertz CT molecular complexity index is 856. The molecule has 0 aromatic heterocycles. The lowest BCUT2D eigenvalue weighted by molar-refractivity contribution is 0.0456. The molecular formula is C18H13FN2O4.